The molecule has 3 rings (SSSR count). The Morgan fingerprint density at radius 2 is 2.00 bits per heavy atom. The van der Waals surface area contributed by atoms with E-state index in [1.54, 1.807) is 0 Å². The summed E-state index contributed by atoms with van der Waals surface area (Å²) in [7, 11) is 0. The van der Waals surface area contributed by atoms with Crippen LogP contribution in [0.5, 0.6) is 0 Å². The first-order chi connectivity index (χ1) is 8.83. The molecule has 0 aliphatic heterocycles. The summed E-state index contributed by atoms with van der Waals surface area (Å²) in [5.41, 5.74) is 1.87. The average molecular weight is 308 g/mol. The van der Waals surface area contributed by atoms with E-state index in [2.05, 4.69) is 20.9 Å². The molecular formula is C15H18BrNO. The topological polar surface area (TPSA) is 26.0 Å². The lowest BCUT2D eigenvalue weighted by Gasteiger charge is -2.25. The van der Waals surface area contributed by atoms with Gasteiger partial charge in [0.2, 0.25) is 0 Å². The minimum atomic E-state index is 0.505. The fourth-order valence-electron chi connectivity index (χ4n) is 2.84. The molecule has 1 fully saturated rings. The smallest absolute Gasteiger partial charge is 0.196 e. The number of alkyl halides is 1. The Morgan fingerprint density at radius 1 is 1.22 bits per heavy atom. The van der Waals surface area contributed by atoms with Gasteiger partial charge in [-0.2, -0.15) is 0 Å². The summed E-state index contributed by atoms with van der Waals surface area (Å²) in [5.74, 6) is 1.65. The highest BCUT2D eigenvalue weighted by Gasteiger charge is 2.23. The van der Waals surface area contributed by atoms with Crippen LogP contribution in [0.25, 0.3) is 11.1 Å². The predicted octanol–water partition coefficient (Wildman–Crippen LogP) is 4.71. The van der Waals surface area contributed by atoms with Gasteiger partial charge in [0, 0.05) is 11.2 Å². The van der Waals surface area contributed by atoms with Gasteiger partial charge in [0.25, 0.3) is 0 Å². The number of halogens is 1. The van der Waals surface area contributed by atoms with Gasteiger partial charge in [-0.1, -0.05) is 47.3 Å². The highest BCUT2D eigenvalue weighted by Crippen LogP contribution is 2.32. The maximum absolute atomic E-state index is 5.79. The van der Waals surface area contributed by atoms with Gasteiger partial charge in [-0.05, 0) is 30.9 Å². The third-order valence-electron chi connectivity index (χ3n) is 3.87. The van der Waals surface area contributed by atoms with E-state index in [0.717, 1.165) is 29.3 Å². The van der Waals surface area contributed by atoms with Crippen LogP contribution in [0, 0.1) is 5.92 Å². The van der Waals surface area contributed by atoms with Crippen LogP contribution >= 0.6 is 15.9 Å². The molecule has 1 aliphatic rings. The quantitative estimate of drug-likeness (QED) is 0.767. The van der Waals surface area contributed by atoms with Crippen LogP contribution in [0.15, 0.2) is 28.7 Å². The van der Waals surface area contributed by atoms with Crippen LogP contribution in [0.3, 0.4) is 0 Å². The van der Waals surface area contributed by atoms with Gasteiger partial charge in [-0.3, -0.25) is 0 Å². The first-order valence-electron chi connectivity index (χ1n) is 6.81. The largest absolute Gasteiger partial charge is 0.441 e. The van der Waals surface area contributed by atoms with Crippen LogP contribution in [0.2, 0.25) is 0 Å². The fraction of sp³-hybridized carbons (Fsp3) is 0.533. The number of fused-ring (bicyclic) bond motifs is 1. The van der Waals surface area contributed by atoms with Gasteiger partial charge in [0.05, 0.1) is 0 Å². The highest BCUT2D eigenvalue weighted by molar-refractivity contribution is 9.09. The molecule has 1 unspecified atom stereocenters. The van der Waals surface area contributed by atoms with Crippen molar-refractivity contribution in [2.75, 3.05) is 0 Å². The van der Waals surface area contributed by atoms with Crippen LogP contribution in [0.4, 0.5) is 0 Å². The number of benzene rings is 1. The lowest BCUT2D eigenvalue weighted by molar-refractivity contribution is 0.341. The highest BCUT2D eigenvalue weighted by atomic mass is 79.9. The third kappa shape index (κ3) is 2.61. The number of nitrogens with zero attached hydrogens (tertiary/aromatic N) is 1. The van der Waals surface area contributed by atoms with E-state index in [-0.39, 0.29) is 0 Å². The standard InChI is InChI=1S/C15H18BrNO/c16-12(11-6-2-1-3-7-11)10-15-17-13-8-4-5-9-14(13)18-15/h4-5,8-9,11-12H,1-3,6-7,10H2. The van der Waals surface area contributed by atoms with Crippen LogP contribution in [-0.2, 0) is 6.42 Å². The van der Waals surface area contributed by atoms with Gasteiger partial charge in [0.1, 0.15) is 5.52 Å². The van der Waals surface area contributed by atoms with E-state index >= 15 is 0 Å². The number of rotatable bonds is 3. The molecule has 1 heterocycles. The van der Waals surface area contributed by atoms with Crippen molar-refractivity contribution in [3.05, 3.63) is 30.2 Å². The maximum Gasteiger partial charge on any atom is 0.196 e. The van der Waals surface area contributed by atoms with Gasteiger partial charge in [0.15, 0.2) is 11.5 Å². The lowest BCUT2D eigenvalue weighted by Crippen LogP contribution is -2.19. The second-order valence-corrected chi connectivity index (χ2v) is 6.37. The molecule has 1 aliphatic carbocycles. The second kappa shape index (κ2) is 5.43. The van der Waals surface area contributed by atoms with Crippen LogP contribution in [0.1, 0.15) is 38.0 Å². The fourth-order valence-corrected chi connectivity index (χ4v) is 3.64. The number of aromatic nitrogens is 1. The second-order valence-electron chi connectivity index (χ2n) is 5.19. The van der Waals surface area contributed by atoms with Crippen LogP contribution in [-0.4, -0.2) is 9.81 Å². The van der Waals surface area contributed by atoms with E-state index < -0.39 is 0 Å². The Hall–Kier alpha value is -0.830. The minimum Gasteiger partial charge on any atom is -0.441 e. The molecule has 3 heteroatoms. The maximum atomic E-state index is 5.79. The van der Waals surface area contributed by atoms with Crippen molar-refractivity contribution >= 4 is 27.0 Å². The van der Waals surface area contributed by atoms with Crippen molar-refractivity contribution in [1.29, 1.82) is 0 Å². The molecule has 0 N–H and O–H groups in total. The van der Waals surface area contributed by atoms with Crippen molar-refractivity contribution in [2.45, 2.75) is 43.4 Å². The molecule has 96 valence electrons. The molecule has 1 aromatic carbocycles. The van der Waals surface area contributed by atoms with E-state index in [0.29, 0.717) is 4.83 Å². The summed E-state index contributed by atoms with van der Waals surface area (Å²) >= 11 is 3.83. The Morgan fingerprint density at radius 3 is 2.78 bits per heavy atom. The van der Waals surface area contributed by atoms with Crippen molar-refractivity contribution in [3.63, 3.8) is 0 Å². The molecule has 1 atom stereocenters. The molecule has 2 nitrogen and oxygen atoms in total. The summed E-state index contributed by atoms with van der Waals surface area (Å²) in [4.78, 5) is 5.06. The van der Waals surface area contributed by atoms with E-state index in [9.17, 15) is 0 Å². The summed E-state index contributed by atoms with van der Waals surface area (Å²) in [6.45, 7) is 0. The SMILES string of the molecule is BrC(Cc1nc2ccccc2o1)C1CCCCC1. The molecule has 1 saturated carbocycles. The molecule has 18 heavy (non-hydrogen) atoms. The van der Waals surface area contributed by atoms with Crippen molar-refractivity contribution < 1.29 is 4.42 Å². The number of oxazole rings is 1. The third-order valence-corrected chi connectivity index (χ3v) is 4.94. The zero-order valence-corrected chi connectivity index (χ0v) is 12.0. The Labute approximate surface area is 116 Å². The zero-order chi connectivity index (χ0) is 12.4. The Bertz CT molecular complexity index is 483. The zero-order valence-electron chi connectivity index (χ0n) is 10.4. The molecule has 2 aromatic rings. The summed E-state index contributed by atoms with van der Waals surface area (Å²) in [6, 6.07) is 7.98. The molecule has 0 spiro atoms. The summed E-state index contributed by atoms with van der Waals surface area (Å²) in [6.07, 6.45) is 7.74. The Balaban J connectivity index is 1.71. The molecule has 1 aromatic heterocycles. The van der Waals surface area contributed by atoms with Gasteiger partial charge in [-0.25, -0.2) is 4.98 Å². The van der Waals surface area contributed by atoms with Crippen LogP contribution < -0.4 is 0 Å². The molecular weight excluding hydrogens is 290 g/mol. The van der Waals surface area contributed by atoms with Crippen molar-refractivity contribution in [2.24, 2.45) is 5.92 Å². The summed E-state index contributed by atoms with van der Waals surface area (Å²) < 4.78 is 5.79. The van der Waals surface area contributed by atoms with Crippen molar-refractivity contribution in [3.8, 4) is 0 Å². The average Bonchev–Trinajstić information content (AvgIpc) is 2.82. The predicted molar refractivity (Wildman–Crippen MR) is 77.0 cm³/mol. The van der Waals surface area contributed by atoms with E-state index in [1.807, 2.05) is 24.3 Å². The monoisotopic (exact) mass is 307 g/mol. The molecule has 0 saturated heterocycles. The lowest BCUT2D eigenvalue weighted by atomic mass is 9.86. The van der Waals surface area contributed by atoms with Gasteiger partial charge in [-0.15, -0.1) is 0 Å². The Kier molecular flexibility index (Phi) is 3.69. The van der Waals surface area contributed by atoms with Crippen molar-refractivity contribution in [1.82, 2.24) is 4.98 Å². The van der Waals surface area contributed by atoms with Gasteiger partial charge < -0.3 is 4.42 Å². The van der Waals surface area contributed by atoms with E-state index in [4.69, 9.17) is 4.42 Å². The van der Waals surface area contributed by atoms with Gasteiger partial charge >= 0.3 is 0 Å². The molecule has 0 radical (unpaired) electrons. The minimum absolute atomic E-state index is 0.505. The number of hydrogen-bond donors (Lipinski definition) is 0. The number of hydrogen-bond acceptors (Lipinski definition) is 2. The molecule has 0 bridgehead atoms. The normalized spacial score (nSPS) is 19.2. The summed E-state index contributed by atoms with van der Waals surface area (Å²) in [5, 5.41) is 0. The number of para-hydroxylation sites is 2. The first-order valence-corrected chi connectivity index (χ1v) is 7.73. The first kappa shape index (κ1) is 12.2. The van der Waals surface area contributed by atoms with E-state index in [1.165, 1.54) is 32.1 Å². The molecule has 0 amide bonds.